The van der Waals surface area contributed by atoms with Crippen molar-refractivity contribution in [1.29, 1.82) is 0 Å². The minimum atomic E-state index is -3.96. The minimum absolute atomic E-state index is 0.0126. The molecule has 0 aromatic heterocycles. The first-order chi connectivity index (χ1) is 20.7. The van der Waals surface area contributed by atoms with Crippen LogP contribution in [0.4, 0.5) is 10.1 Å². The van der Waals surface area contributed by atoms with Gasteiger partial charge in [0.1, 0.15) is 31.6 Å². The molecule has 5 rings (SSSR count). The van der Waals surface area contributed by atoms with Gasteiger partial charge in [0.2, 0.25) is 21.8 Å². The zero-order chi connectivity index (χ0) is 30.4. The van der Waals surface area contributed by atoms with E-state index in [-0.39, 0.29) is 36.2 Å². The molecule has 228 valence electrons. The fourth-order valence-corrected chi connectivity index (χ4v) is 6.37. The summed E-state index contributed by atoms with van der Waals surface area (Å²) in [5.41, 5.74) is 1.24. The van der Waals surface area contributed by atoms with E-state index < -0.39 is 34.3 Å². The van der Waals surface area contributed by atoms with E-state index >= 15 is 0 Å². The number of amides is 2. The van der Waals surface area contributed by atoms with Gasteiger partial charge in [0.25, 0.3) is 0 Å². The number of sulfonamides is 1. The van der Waals surface area contributed by atoms with Crippen LogP contribution in [0.25, 0.3) is 0 Å². The maximum atomic E-state index is 14.9. The highest BCUT2D eigenvalue weighted by Crippen LogP contribution is 2.35. The highest BCUT2D eigenvalue weighted by molar-refractivity contribution is 7.92. The molecular formula is C32H36FN3O6S. The number of hydrogen-bond acceptors (Lipinski definition) is 6. The van der Waals surface area contributed by atoms with Crippen molar-refractivity contribution in [2.45, 2.75) is 50.7 Å². The summed E-state index contributed by atoms with van der Waals surface area (Å²) in [6.45, 7) is -0.145. The SMILES string of the molecule is CS(=O)(=O)N(CC(=O)N(Cc1ccccc1F)[C@@H](Cc1ccccc1)C(=O)NC1CCCC1)c1ccc2c(c1)OCCO2. The zero-order valence-electron chi connectivity index (χ0n) is 24.1. The number of benzene rings is 3. The van der Waals surface area contributed by atoms with Gasteiger partial charge in [-0.05, 0) is 36.6 Å². The van der Waals surface area contributed by atoms with Gasteiger partial charge < -0.3 is 19.7 Å². The number of anilines is 1. The Morgan fingerprint density at radius 3 is 2.33 bits per heavy atom. The number of nitrogens with zero attached hydrogens (tertiary/aromatic N) is 2. The molecular weight excluding hydrogens is 573 g/mol. The van der Waals surface area contributed by atoms with Crippen LogP contribution in [0.15, 0.2) is 72.8 Å². The number of halogens is 1. The fourth-order valence-electron chi connectivity index (χ4n) is 5.53. The van der Waals surface area contributed by atoms with Crippen molar-refractivity contribution in [2.75, 3.05) is 30.3 Å². The Labute approximate surface area is 251 Å². The number of rotatable bonds is 11. The normalized spacial score (nSPS) is 15.5. The molecule has 1 atom stereocenters. The molecule has 1 aliphatic heterocycles. The predicted octanol–water partition coefficient (Wildman–Crippen LogP) is 4.06. The average Bonchev–Trinajstić information content (AvgIpc) is 3.51. The molecule has 0 bridgehead atoms. The second-order valence-electron chi connectivity index (χ2n) is 10.9. The summed E-state index contributed by atoms with van der Waals surface area (Å²) in [6.07, 6.45) is 4.87. The van der Waals surface area contributed by atoms with Crippen molar-refractivity contribution in [1.82, 2.24) is 10.2 Å². The first-order valence-corrected chi connectivity index (χ1v) is 16.3. The Morgan fingerprint density at radius 1 is 0.953 bits per heavy atom. The van der Waals surface area contributed by atoms with E-state index in [1.807, 2.05) is 30.3 Å². The molecule has 1 heterocycles. The monoisotopic (exact) mass is 609 g/mol. The van der Waals surface area contributed by atoms with Gasteiger partial charge >= 0.3 is 0 Å². The second kappa shape index (κ2) is 13.5. The molecule has 0 saturated heterocycles. The smallest absolute Gasteiger partial charge is 0.244 e. The van der Waals surface area contributed by atoms with Crippen LogP contribution in [0.5, 0.6) is 11.5 Å². The first kappa shape index (κ1) is 30.3. The highest BCUT2D eigenvalue weighted by Gasteiger charge is 2.35. The number of nitrogens with one attached hydrogen (secondary N) is 1. The van der Waals surface area contributed by atoms with Crippen molar-refractivity contribution < 1.29 is 31.9 Å². The largest absolute Gasteiger partial charge is 0.486 e. The number of carbonyl (C=O) groups is 2. The molecule has 43 heavy (non-hydrogen) atoms. The van der Waals surface area contributed by atoms with Crippen LogP contribution in [0, 0.1) is 5.82 Å². The van der Waals surface area contributed by atoms with Gasteiger partial charge in [-0.3, -0.25) is 13.9 Å². The van der Waals surface area contributed by atoms with Crippen LogP contribution in [0.3, 0.4) is 0 Å². The third kappa shape index (κ3) is 7.64. The fraction of sp³-hybridized carbons (Fsp3) is 0.375. The summed E-state index contributed by atoms with van der Waals surface area (Å²) in [5, 5.41) is 3.10. The van der Waals surface area contributed by atoms with Crippen LogP contribution < -0.4 is 19.1 Å². The Bertz CT molecular complexity index is 1550. The van der Waals surface area contributed by atoms with Gasteiger partial charge in [0.05, 0.1) is 11.9 Å². The van der Waals surface area contributed by atoms with Crippen LogP contribution in [-0.2, 0) is 32.6 Å². The predicted molar refractivity (Wildman–Crippen MR) is 161 cm³/mol. The molecule has 1 fully saturated rings. The van der Waals surface area contributed by atoms with Crippen molar-refractivity contribution in [3.05, 3.63) is 89.7 Å². The molecule has 0 radical (unpaired) electrons. The quantitative estimate of drug-likeness (QED) is 0.352. The molecule has 1 saturated carbocycles. The van der Waals surface area contributed by atoms with Gasteiger partial charge in [0.15, 0.2) is 11.5 Å². The number of hydrogen-bond donors (Lipinski definition) is 1. The molecule has 3 aromatic rings. The molecule has 2 aliphatic rings. The lowest BCUT2D eigenvalue weighted by Gasteiger charge is -2.34. The number of fused-ring (bicyclic) bond motifs is 1. The topological polar surface area (TPSA) is 105 Å². The van der Waals surface area contributed by atoms with Gasteiger partial charge in [-0.2, -0.15) is 0 Å². The molecule has 0 unspecified atom stereocenters. The lowest BCUT2D eigenvalue weighted by atomic mass is 10.0. The molecule has 1 aliphatic carbocycles. The van der Waals surface area contributed by atoms with Crippen molar-refractivity contribution in [3.63, 3.8) is 0 Å². The summed E-state index contributed by atoms with van der Waals surface area (Å²) in [6, 6.07) is 18.9. The minimum Gasteiger partial charge on any atom is -0.486 e. The van der Waals surface area contributed by atoms with Crippen LogP contribution in [0.1, 0.15) is 36.8 Å². The van der Waals surface area contributed by atoms with Gasteiger partial charge in [-0.25, -0.2) is 12.8 Å². The maximum absolute atomic E-state index is 14.9. The van der Waals surface area contributed by atoms with E-state index in [4.69, 9.17) is 9.47 Å². The standard InChI is InChI=1S/C32H36FN3O6S/c1-43(39,40)36(26-15-16-29-30(20-26)42-18-17-41-29)22-31(37)35(21-24-11-5-8-14-27(24)33)28(19-23-9-3-2-4-10-23)32(38)34-25-12-6-7-13-25/h2-5,8-11,14-16,20,25,28H,6-7,12-13,17-19,21-22H2,1H3,(H,34,38)/t28-/m0/s1. The Hall–Kier alpha value is -4.12. The van der Waals surface area contributed by atoms with Crippen molar-refractivity contribution in [3.8, 4) is 11.5 Å². The molecule has 1 N–H and O–H groups in total. The summed E-state index contributed by atoms with van der Waals surface area (Å²) in [7, 11) is -3.96. The lowest BCUT2D eigenvalue weighted by Crippen LogP contribution is -2.54. The number of carbonyl (C=O) groups excluding carboxylic acids is 2. The Morgan fingerprint density at radius 2 is 1.63 bits per heavy atom. The van der Waals surface area contributed by atoms with Gasteiger partial charge in [-0.1, -0.05) is 61.4 Å². The van der Waals surface area contributed by atoms with E-state index in [2.05, 4.69) is 5.32 Å². The van der Waals surface area contributed by atoms with E-state index in [0.29, 0.717) is 24.7 Å². The Kier molecular flexibility index (Phi) is 9.49. The Balaban J connectivity index is 1.51. The zero-order valence-corrected chi connectivity index (χ0v) is 24.9. The average molecular weight is 610 g/mol. The van der Waals surface area contributed by atoms with Gasteiger partial charge in [-0.15, -0.1) is 0 Å². The third-order valence-electron chi connectivity index (χ3n) is 7.76. The summed E-state index contributed by atoms with van der Waals surface area (Å²) in [4.78, 5) is 29.4. The van der Waals surface area contributed by atoms with E-state index in [1.165, 1.54) is 23.1 Å². The lowest BCUT2D eigenvalue weighted by molar-refractivity contribution is -0.140. The number of ether oxygens (including phenoxy) is 2. The summed E-state index contributed by atoms with van der Waals surface area (Å²) in [5.74, 6) is -0.688. The summed E-state index contributed by atoms with van der Waals surface area (Å²) < 4.78 is 53.2. The van der Waals surface area contributed by atoms with Crippen LogP contribution >= 0.6 is 0 Å². The molecule has 11 heteroatoms. The maximum Gasteiger partial charge on any atom is 0.244 e. The summed E-state index contributed by atoms with van der Waals surface area (Å²) >= 11 is 0. The molecule has 9 nitrogen and oxygen atoms in total. The molecule has 2 amide bonds. The van der Waals surface area contributed by atoms with Crippen LogP contribution in [0.2, 0.25) is 0 Å². The van der Waals surface area contributed by atoms with E-state index in [0.717, 1.165) is 41.8 Å². The van der Waals surface area contributed by atoms with Gasteiger partial charge in [0, 0.05) is 30.6 Å². The second-order valence-corrected chi connectivity index (χ2v) is 12.8. The van der Waals surface area contributed by atoms with Crippen molar-refractivity contribution >= 4 is 27.5 Å². The highest BCUT2D eigenvalue weighted by atomic mass is 32.2. The molecule has 0 spiro atoms. The third-order valence-corrected chi connectivity index (χ3v) is 8.90. The van der Waals surface area contributed by atoms with E-state index in [9.17, 15) is 22.4 Å². The molecule has 3 aromatic carbocycles. The van der Waals surface area contributed by atoms with Crippen molar-refractivity contribution in [2.24, 2.45) is 0 Å². The van der Waals surface area contributed by atoms with Crippen LogP contribution in [-0.4, -0.2) is 63.2 Å². The van der Waals surface area contributed by atoms with E-state index in [1.54, 1.807) is 24.3 Å². The first-order valence-electron chi connectivity index (χ1n) is 14.4.